The van der Waals surface area contributed by atoms with Crippen LogP contribution in [0.2, 0.25) is 0 Å². The van der Waals surface area contributed by atoms with Crippen LogP contribution in [0.5, 0.6) is 0 Å². The monoisotopic (exact) mass is 366 g/mol. The van der Waals surface area contributed by atoms with Gasteiger partial charge in [0.1, 0.15) is 0 Å². The van der Waals surface area contributed by atoms with E-state index in [1.54, 1.807) is 0 Å². The molecule has 126 valence electrons. The van der Waals surface area contributed by atoms with E-state index in [0.29, 0.717) is 0 Å². The van der Waals surface area contributed by atoms with Crippen molar-refractivity contribution in [3.63, 3.8) is 0 Å². The third-order valence-corrected chi connectivity index (χ3v) is 5.23. The van der Waals surface area contributed by atoms with Crippen molar-refractivity contribution in [2.24, 2.45) is 0 Å². The summed E-state index contributed by atoms with van der Waals surface area (Å²) in [6.07, 6.45) is 6.67. The summed E-state index contributed by atoms with van der Waals surface area (Å²) in [5, 5.41) is -0.119. The first-order chi connectivity index (χ1) is 12.0. The number of benzene rings is 2. The Kier molecular flexibility index (Phi) is 7.04. The van der Waals surface area contributed by atoms with Crippen molar-refractivity contribution in [3.8, 4) is 0 Å². The minimum atomic E-state index is -0.0633. The van der Waals surface area contributed by atoms with E-state index in [0.717, 1.165) is 38.2 Å². The number of carbonyl (C=O) groups excluding carboxylic acids is 2. The standard InChI is InChI=1S/C21H18O2S2/c1-4-20(22)24-18-11-8-16(9-12-18)6-7-17-10-13-19(15(3)14-17)25-21(23)5-2/h4-14H,1-2H2,3H3. The van der Waals surface area contributed by atoms with Crippen molar-refractivity contribution in [1.29, 1.82) is 0 Å². The molecule has 0 aliphatic heterocycles. The van der Waals surface area contributed by atoms with Crippen molar-refractivity contribution in [3.05, 3.63) is 84.5 Å². The van der Waals surface area contributed by atoms with Crippen molar-refractivity contribution in [2.45, 2.75) is 16.7 Å². The topological polar surface area (TPSA) is 34.1 Å². The van der Waals surface area contributed by atoms with Gasteiger partial charge in [0.25, 0.3) is 0 Å². The Hall–Kier alpha value is -2.30. The molecule has 25 heavy (non-hydrogen) atoms. The number of thioether (sulfide) groups is 2. The highest BCUT2D eigenvalue weighted by Gasteiger charge is 2.04. The summed E-state index contributed by atoms with van der Waals surface area (Å²) in [4.78, 5) is 24.6. The third-order valence-electron chi connectivity index (χ3n) is 3.31. The van der Waals surface area contributed by atoms with E-state index >= 15 is 0 Å². The van der Waals surface area contributed by atoms with Gasteiger partial charge in [-0.15, -0.1) is 0 Å². The predicted octanol–water partition coefficient (Wildman–Crippen LogP) is 5.77. The lowest BCUT2D eigenvalue weighted by molar-refractivity contribution is -0.107. The van der Waals surface area contributed by atoms with Crippen LogP contribution in [0.4, 0.5) is 0 Å². The van der Waals surface area contributed by atoms with Crippen molar-refractivity contribution >= 4 is 45.9 Å². The van der Waals surface area contributed by atoms with Crippen LogP contribution in [0.15, 0.2) is 77.6 Å². The molecule has 0 saturated carbocycles. The first-order valence-electron chi connectivity index (χ1n) is 7.59. The molecule has 0 saturated heterocycles. The van der Waals surface area contributed by atoms with E-state index in [-0.39, 0.29) is 10.2 Å². The average Bonchev–Trinajstić information content (AvgIpc) is 2.62. The fourth-order valence-electron chi connectivity index (χ4n) is 2.04. The van der Waals surface area contributed by atoms with Gasteiger partial charge in [-0.05, 0) is 77.5 Å². The highest BCUT2D eigenvalue weighted by molar-refractivity contribution is 8.14. The number of hydrogen-bond acceptors (Lipinski definition) is 4. The summed E-state index contributed by atoms with van der Waals surface area (Å²) >= 11 is 2.34. The Morgan fingerprint density at radius 3 is 2.00 bits per heavy atom. The summed E-state index contributed by atoms with van der Waals surface area (Å²) in [5.74, 6) is 0. The molecule has 0 N–H and O–H groups in total. The smallest absolute Gasteiger partial charge is 0.216 e. The van der Waals surface area contributed by atoms with Gasteiger partial charge in [-0.25, -0.2) is 0 Å². The van der Waals surface area contributed by atoms with Crippen LogP contribution < -0.4 is 0 Å². The molecule has 2 nitrogen and oxygen atoms in total. The Bertz CT molecular complexity index is 833. The summed E-state index contributed by atoms with van der Waals surface area (Å²) in [6.45, 7) is 8.94. The van der Waals surface area contributed by atoms with Crippen molar-refractivity contribution in [1.82, 2.24) is 0 Å². The van der Waals surface area contributed by atoms with Gasteiger partial charge in [-0.3, -0.25) is 9.59 Å². The van der Waals surface area contributed by atoms with E-state index < -0.39 is 0 Å². The molecular weight excluding hydrogens is 348 g/mol. The first-order valence-corrected chi connectivity index (χ1v) is 9.22. The van der Waals surface area contributed by atoms with Gasteiger partial charge in [-0.1, -0.05) is 49.6 Å². The molecule has 2 rings (SSSR count). The first kappa shape index (κ1) is 19.0. The maximum absolute atomic E-state index is 11.4. The Labute approximate surface area is 156 Å². The second-order valence-corrected chi connectivity index (χ2v) is 7.30. The number of carbonyl (C=O) groups is 2. The fraction of sp³-hybridized carbons (Fsp3) is 0.0476. The predicted molar refractivity (Wildman–Crippen MR) is 109 cm³/mol. The summed E-state index contributed by atoms with van der Waals surface area (Å²) < 4.78 is 0. The maximum atomic E-state index is 11.4. The van der Waals surface area contributed by atoms with Gasteiger partial charge < -0.3 is 0 Å². The lowest BCUT2D eigenvalue weighted by Crippen LogP contribution is -1.87. The molecule has 0 aliphatic rings. The highest BCUT2D eigenvalue weighted by atomic mass is 32.2. The quantitative estimate of drug-likeness (QED) is 0.369. The lowest BCUT2D eigenvalue weighted by Gasteiger charge is -2.04. The molecular formula is C21H18O2S2. The highest BCUT2D eigenvalue weighted by Crippen LogP contribution is 2.25. The van der Waals surface area contributed by atoms with Gasteiger partial charge in [0, 0.05) is 9.79 Å². The molecule has 0 atom stereocenters. The van der Waals surface area contributed by atoms with Crippen molar-refractivity contribution in [2.75, 3.05) is 0 Å². The van der Waals surface area contributed by atoms with Crippen LogP contribution >= 0.6 is 23.5 Å². The zero-order valence-corrected chi connectivity index (χ0v) is 15.5. The van der Waals surface area contributed by atoms with E-state index in [9.17, 15) is 9.59 Å². The fourth-order valence-corrected chi connectivity index (χ4v) is 3.28. The van der Waals surface area contributed by atoms with Gasteiger partial charge in [0.2, 0.25) is 10.2 Å². The van der Waals surface area contributed by atoms with Crippen LogP contribution in [0.1, 0.15) is 16.7 Å². The van der Waals surface area contributed by atoms with Crippen molar-refractivity contribution < 1.29 is 9.59 Å². The Morgan fingerprint density at radius 2 is 1.40 bits per heavy atom. The van der Waals surface area contributed by atoms with Crippen LogP contribution in [0.25, 0.3) is 12.2 Å². The molecule has 0 aliphatic carbocycles. The van der Waals surface area contributed by atoms with Gasteiger partial charge in [0.05, 0.1) is 0 Å². The van der Waals surface area contributed by atoms with E-state index in [4.69, 9.17) is 0 Å². The second kappa shape index (κ2) is 9.25. The van der Waals surface area contributed by atoms with Gasteiger partial charge in [-0.2, -0.15) is 0 Å². The number of aryl methyl sites for hydroxylation is 1. The number of hydrogen-bond donors (Lipinski definition) is 0. The minimum Gasteiger partial charge on any atom is -0.282 e. The summed E-state index contributed by atoms with van der Waals surface area (Å²) in [6, 6.07) is 13.7. The third kappa shape index (κ3) is 5.93. The molecule has 0 radical (unpaired) electrons. The molecule has 2 aromatic rings. The second-order valence-electron chi connectivity index (χ2n) is 5.18. The average molecular weight is 367 g/mol. The van der Waals surface area contributed by atoms with Gasteiger partial charge >= 0.3 is 0 Å². The van der Waals surface area contributed by atoms with E-state index in [1.165, 1.54) is 23.9 Å². The van der Waals surface area contributed by atoms with E-state index in [2.05, 4.69) is 13.2 Å². The molecule has 0 bridgehead atoms. The largest absolute Gasteiger partial charge is 0.282 e. The van der Waals surface area contributed by atoms with Crippen LogP contribution in [0, 0.1) is 6.92 Å². The zero-order valence-electron chi connectivity index (χ0n) is 13.9. The molecule has 0 fully saturated rings. The molecule has 0 unspecified atom stereocenters. The normalized spacial score (nSPS) is 10.6. The molecule has 0 aromatic heterocycles. The Morgan fingerprint density at radius 1 is 0.840 bits per heavy atom. The van der Waals surface area contributed by atoms with Crippen LogP contribution in [-0.2, 0) is 9.59 Å². The number of rotatable bonds is 6. The SMILES string of the molecule is C=CC(=O)Sc1ccc(C=Cc2ccc(SC(=O)C=C)c(C)c2)cc1. The minimum absolute atomic E-state index is 0.0562. The molecule has 0 amide bonds. The molecule has 0 heterocycles. The Balaban J connectivity index is 2.07. The molecule has 2 aromatic carbocycles. The van der Waals surface area contributed by atoms with E-state index in [1.807, 2.05) is 61.5 Å². The lowest BCUT2D eigenvalue weighted by atomic mass is 10.1. The van der Waals surface area contributed by atoms with Crippen LogP contribution in [-0.4, -0.2) is 10.2 Å². The maximum Gasteiger partial charge on any atom is 0.216 e. The zero-order chi connectivity index (χ0) is 18.2. The molecule has 0 spiro atoms. The summed E-state index contributed by atoms with van der Waals surface area (Å²) in [5.41, 5.74) is 3.17. The van der Waals surface area contributed by atoms with Gasteiger partial charge in [0.15, 0.2) is 0 Å². The molecule has 4 heteroatoms. The summed E-state index contributed by atoms with van der Waals surface area (Å²) in [7, 11) is 0. The van der Waals surface area contributed by atoms with Crippen LogP contribution in [0.3, 0.4) is 0 Å².